The van der Waals surface area contributed by atoms with E-state index in [-0.39, 0.29) is 13.3 Å². The second-order valence-corrected chi connectivity index (χ2v) is 6.81. The summed E-state index contributed by atoms with van der Waals surface area (Å²) in [6, 6.07) is 0. The van der Waals surface area contributed by atoms with E-state index in [4.69, 9.17) is 0 Å². The van der Waals surface area contributed by atoms with Crippen LogP contribution in [0.5, 0.6) is 0 Å². The standard InChI is InChI=1S/C10H18F2S4/c11-5-1-3-7-15-9(13)10(14)16-8-4-2-6-12/h13-14H,1-8H2. The monoisotopic (exact) mass is 304 g/mol. The van der Waals surface area contributed by atoms with Crippen molar-refractivity contribution in [2.24, 2.45) is 0 Å². The van der Waals surface area contributed by atoms with Crippen LogP contribution in [-0.4, -0.2) is 24.9 Å². The lowest BCUT2D eigenvalue weighted by Crippen LogP contribution is -1.84. The summed E-state index contributed by atoms with van der Waals surface area (Å²) in [5.41, 5.74) is 0. The van der Waals surface area contributed by atoms with Gasteiger partial charge in [0.2, 0.25) is 0 Å². The zero-order valence-electron chi connectivity index (χ0n) is 9.12. The molecule has 0 amide bonds. The molecule has 0 aromatic rings. The van der Waals surface area contributed by atoms with Gasteiger partial charge < -0.3 is 0 Å². The van der Waals surface area contributed by atoms with Crippen molar-refractivity contribution >= 4 is 48.8 Å². The Morgan fingerprint density at radius 2 is 1.12 bits per heavy atom. The van der Waals surface area contributed by atoms with Gasteiger partial charge in [-0.1, -0.05) is 0 Å². The molecule has 96 valence electrons. The summed E-state index contributed by atoms with van der Waals surface area (Å²) in [7, 11) is 0. The molecular weight excluding hydrogens is 286 g/mol. The minimum Gasteiger partial charge on any atom is -0.251 e. The summed E-state index contributed by atoms with van der Waals surface area (Å²) in [6.45, 7) is -0.504. The number of alkyl halides is 2. The van der Waals surface area contributed by atoms with Gasteiger partial charge in [-0.15, -0.1) is 48.8 Å². The average molecular weight is 305 g/mol. The van der Waals surface area contributed by atoms with Crippen LogP contribution < -0.4 is 0 Å². The van der Waals surface area contributed by atoms with Crippen LogP contribution in [0, 0.1) is 0 Å². The first-order valence-electron chi connectivity index (χ1n) is 5.22. The Hall–Kier alpha value is 1.000. The van der Waals surface area contributed by atoms with Crippen LogP contribution in [0.15, 0.2) is 8.47 Å². The zero-order chi connectivity index (χ0) is 12.2. The summed E-state index contributed by atoms with van der Waals surface area (Å²) >= 11 is 11.8. The predicted molar refractivity (Wildman–Crippen MR) is 80.3 cm³/mol. The van der Waals surface area contributed by atoms with Gasteiger partial charge in [0.15, 0.2) is 0 Å². The lowest BCUT2D eigenvalue weighted by Gasteiger charge is -2.05. The van der Waals surface area contributed by atoms with E-state index in [1.165, 1.54) is 0 Å². The third kappa shape index (κ3) is 10.2. The van der Waals surface area contributed by atoms with E-state index in [1.54, 1.807) is 23.5 Å². The first-order valence-corrected chi connectivity index (χ1v) is 8.08. The topological polar surface area (TPSA) is 0 Å². The van der Waals surface area contributed by atoms with E-state index in [0.717, 1.165) is 32.8 Å². The minimum atomic E-state index is -0.252. The molecule has 0 bridgehead atoms. The van der Waals surface area contributed by atoms with Crippen molar-refractivity contribution in [2.45, 2.75) is 25.7 Å². The summed E-state index contributed by atoms with van der Waals surface area (Å²) in [5.74, 6) is 1.75. The van der Waals surface area contributed by atoms with Gasteiger partial charge in [-0.05, 0) is 37.2 Å². The van der Waals surface area contributed by atoms with Crippen LogP contribution in [0.25, 0.3) is 0 Å². The van der Waals surface area contributed by atoms with Gasteiger partial charge in [0.25, 0.3) is 0 Å². The lowest BCUT2D eigenvalue weighted by atomic mass is 10.4. The number of thiol groups is 2. The van der Waals surface area contributed by atoms with Crippen molar-refractivity contribution in [3.05, 3.63) is 8.47 Å². The molecule has 0 nitrogen and oxygen atoms in total. The Morgan fingerprint density at radius 1 is 0.750 bits per heavy atom. The van der Waals surface area contributed by atoms with Gasteiger partial charge in [-0.25, -0.2) is 0 Å². The molecule has 0 aliphatic heterocycles. The second-order valence-electron chi connectivity index (χ2n) is 3.10. The molecule has 0 aromatic heterocycles. The van der Waals surface area contributed by atoms with Gasteiger partial charge in [-0.2, -0.15) is 0 Å². The van der Waals surface area contributed by atoms with Crippen LogP contribution in [0.4, 0.5) is 8.78 Å². The molecule has 0 heterocycles. The summed E-state index contributed by atoms with van der Waals surface area (Å²) in [4.78, 5) is 0. The molecule has 0 saturated carbocycles. The molecule has 0 rings (SSSR count). The number of thioether (sulfide) groups is 2. The Balaban J connectivity index is 3.60. The average Bonchev–Trinajstić information content (AvgIpc) is 2.29. The van der Waals surface area contributed by atoms with E-state index >= 15 is 0 Å². The highest BCUT2D eigenvalue weighted by Gasteiger charge is 2.01. The number of unbranched alkanes of at least 4 members (excludes halogenated alkanes) is 2. The molecule has 0 saturated heterocycles. The third-order valence-electron chi connectivity index (χ3n) is 1.72. The van der Waals surface area contributed by atoms with Crippen molar-refractivity contribution in [2.75, 3.05) is 24.9 Å². The number of hydrogen-bond donors (Lipinski definition) is 2. The maximum atomic E-state index is 11.8. The number of hydrogen-bond acceptors (Lipinski definition) is 4. The molecule has 0 fully saturated rings. The predicted octanol–water partition coefficient (Wildman–Crippen LogP) is 4.94. The van der Waals surface area contributed by atoms with Gasteiger partial charge in [0.05, 0.1) is 21.8 Å². The summed E-state index contributed by atoms with van der Waals surface area (Å²) in [5, 5.41) is 0. The normalized spacial score (nSPS) is 12.8. The van der Waals surface area contributed by atoms with Gasteiger partial charge in [-0.3, -0.25) is 8.78 Å². The van der Waals surface area contributed by atoms with Crippen molar-refractivity contribution in [1.29, 1.82) is 0 Å². The summed E-state index contributed by atoms with van der Waals surface area (Å²) < 4.78 is 25.4. The number of halogens is 2. The SMILES string of the molecule is FCCCCSC(S)=C(S)SCCCCF. The first-order chi connectivity index (χ1) is 7.72. The van der Waals surface area contributed by atoms with E-state index in [0.29, 0.717) is 12.8 Å². The molecule has 0 unspecified atom stereocenters. The highest BCUT2D eigenvalue weighted by Crippen LogP contribution is 2.33. The Morgan fingerprint density at radius 3 is 1.44 bits per heavy atom. The molecule has 0 atom stereocenters. The van der Waals surface area contributed by atoms with Crippen molar-refractivity contribution in [3.8, 4) is 0 Å². The molecule has 16 heavy (non-hydrogen) atoms. The fourth-order valence-electron chi connectivity index (χ4n) is 0.854. The third-order valence-corrected chi connectivity index (χ3v) is 5.49. The van der Waals surface area contributed by atoms with E-state index in [9.17, 15) is 8.78 Å². The molecule has 0 aliphatic carbocycles. The van der Waals surface area contributed by atoms with E-state index in [2.05, 4.69) is 25.3 Å². The summed E-state index contributed by atoms with van der Waals surface area (Å²) in [6.07, 6.45) is 2.94. The molecule has 6 heteroatoms. The largest absolute Gasteiger partial charge is 0.251 e. The Labute approximate surface area is 116 Å². The van der Waals surface area contributed by atoms with Crippen LogP contribution >= 0.6 is 48.8 Å². The maximum Gasteiger partial charge on any atom is 0.0894 e. The van der Waals surface area contributed by atoms with Crippen LogP contribution in [0.3, 0.4) is 0 Å². The lowest BCUT2D eigenvalue weighted by molar-refractivity contribution is 0.470. The smallest absolute Gasteiger partial charge is 0.0894 e. The van der Waals surface area contributed by atoms with Gasteiger partial charge >= 0.3 is 0 Å². The van der Waals surface area contributed by atoms with E-state index in [1.807, 2.05) is 0 Å². The molecule has 0 N–H and O–H groups in total. The molecular formula is C10H18F2S4. The van der Waals surface area contributed by atoms with Crippen LogP contribution in [0.2, 0.25) is 0 Å². The van der Waals surface area contributed by atoms with Crippen molar-refractivity contribution in [3.63, 3.8) is 0 Å². The molecule has 0 aliphatic rings. The Bertz CT molecular complexity index is 177. The highest BCUT2D eigenvalue weighted by molar-refractivity contribution is 8.21. The van der Waals surface area contributed by atoms with Crippen LogP contribution in [-0.2, 0) is 0 Å². The zero-order valence-corrected chi connectivity index (χ0v) is 12.5. The number of rotatable bonds is 10. The van der Waals surface area contributed by atoms with Gasteiger partial charge in [0.1, 0.15) is 0 Å². The highest BCUT2D eigenvalue weighted by atomic mass is 32.2. The first kappa shape index (κ1) is 17.0. The van der Waals surface area contributed by atoms with Crippen molar-refractivity contribution < 1.29 is 8.78 Å². The molecule has 0 radical (unpaired) electrons. The van der Waals surface area contributed by atoms with Crippen molar-refractivity contribution in [1.82, 2.24) is 0 Å². The fourth-order valence-corrected chi connectivity index (χ4v) is 3.47. The maximum absolute atomic E-state index is 11.8. The van der Waals surface area contributed by atoms with Crippen LogP contribution in [0.1, 0.15) is 25.7 Å². The van der Waals surface area contributed by atoms with E-state index < -0.39 is 0 Å². The molecule has 0 spiro atoms. The molecule has 0 aromatic carbocycles. The quantitative estimate of drug-likeness (QED) is 0.433. The second kappa shape index (κ2) is 12.5. The van der Waals surface area contributed by atoms with Gasteiger partial charge in [0, 0.05) is 0 Å². The Kier molecular flexibility index (Phi) is 13.2. The minimum absolute atomic E-state index is 0.252. The fraction of sp³-hybridized carbons (Fsp3) is 0.800.